The maximum atomic E-state index is 12.0. The monoisotopic (exact) mass is 270 g/mol. The Kier molecular flexibility index (Phi) is 4.21. The average molecular weight is 270 g/mol. The van der Waals surface area contributed by atoms with Crippen molar-refractivity contribution in [1.29, 1.82) is 0 Å². The topological polar surface area (TPSA) is 67.4 Å². The molecule has 0 spiro atoms. The number of hydrogen-bond acceptors (Lipinski definition) is 4. The number of nitrogens with one attached hydrogen (secondary N) is 2. The highest BCUT2D eigenvalue weighted by molar-refractivity contribution is 7.89. The lowest BCUT2D eigenvalue weighted by Crippen LogP contribution is -2.32. The van der Waals surface area contributed by atoms with E-state index in [-0.39, 0.29) is 4.90 Å². The highest BCUT2D eigenvalue weighted by Gasteiger charge is 2.20. The van der Waals surface area contributed by atoms with Crippen LogP contribution in [0.4, 0.5) is 0 Å². The molecule has 5 nitrogen and oxygen atoms in total. The maximum absolute atomic E-state index is 12.0. The highest BCUT2D eigenvalue weighted by Crippen LogP contribution is 2.18. The first-order chi connectivity index (χ1) is 8.62. The van der Waals surface area contributed by atoms with Crippen molar-refractivity contribution in [1.82, 2.24) is 10.0 Å². The number of benzene rings is 1. The summed E-state index contributed by atoms with van der Waals surface area (Å²) in [5, 5.41) is 3.25. The minimum Gasteiger partial charge on any atom is -0.497 e. The fourth-order valence-corrected chi connectivity index (χ4v) is 2.67. The van der Waals surface area contributed by atoms with Crippen LogP contribution in [0.15, 0.2) is 29.2 Å². The molecule has 2 N–H and O–H groups in total. The van der Waals surface area contributed by atoms with Gasteiger partial charge in [-0.25, -0.2) is 13.1 Å². The van der Waals surface area contributed by atoms with Crippen LogP contribution in [0.25, 0.3) is 0 Å². The van der Waals surface area contributed by atoms with E-state index in [1.165, 1.54) is 26.0 Å². The third kappa shape index (κ3) is 3.69. The van der Waals surface area contributed by atoms with Gasteiger partial charge < -0.3 is 10.1 Å². The van der Waals surface area contributed by atoms with Gasteiger partial charge in [-0.3, -0.25) is 0 Å². The van der Waals surface area contributed by atoms with Crippen molar-refractivity contribution in [2.75, 3.05) is 20.2 Å². The molecule has 1 fully saturated rings. The minimum absolute atomic E-state index is 0.230. The summed E-state index contributed by atoms with van der Waals surface area (Å²) in [6.07, 6.45) is 2.39. The van der Waals surface area contributed by atoms with Gasteiger partial charge in [-0.05, 0) is 25.0 Å². The number of hydrogen-bond donors (Lipinski definition) is 2. The van der Waals surface area contributed by atoms with Gasteiger partial charge in [0, 0.05) is 25.2 Å². The number of rotatable bonds is 7. The molecule has 1 aliphatic carbocycles. The molecular formula is C12H18N2O3S. The van der Waals surface area contributed by atoms with E-state index in [1.54, 1.807) is 18.2 Å². The molecule has 0 saturated heterocycles. The zero-order chi connectivity index (χ0) is 13.0. The molecule has 18 heavy (non-hydrogen) atoms. The van der Waals surface area contributed by atoms with E-state index in [0.717, 1.165) is 0 Å². The molecule has 100 valence electrons. The lowest BCUT2D eigenvalue weighted by molar-refractivity contribution is 0.413. The first-order valence-corrected chi connectivity index (χ1v) is 7.47. The molecule has 0 unspecified atom stereocenters. The van der Waals surface area contributed by atoms with Crippen LogP contribution in [-0.2, 0) is 10.0 Å². The van der Waals surface area contributed by atoms with E-state index < -0.39 is 10.0 Å². The second kappa shape index (κ2) is 5.69. The van der Waals surface area contributed by atoms with Crippen molar-refractivity contribution in [3.05, 3.63) is 24.3 Å². The van der Waals surface area contributed by atoms with Crippen molar-refractivity contribution >= 4 is 10.0 Å². The van der Waals surface area contributed by atoms with Crippen LogP contribution in [0, 0.1) is 0 Å². The number of sulfonamides is 1. The summed E-state index contributed by atoms with van der Waals surface area (Å²) in [6.45, 7) is 1.06. The summed E-state index contributed by atoms with van der Waals surface area (Å²) >= 11 is 0. The molecule has 1 aromatic rings. The molecule has 1 aromatic carbocycles. The second-order valence-corrected chi connectivity index (χ2v) is 6.07. The third-order valence-electron chi connectivity index (χ3n) is 2.78. The molecule has 0 amide bonds. The van der Waals surface area contributed by atoms with Crippen LogP contribution in [0.5, 0.6) is 5.75 Å². The van der Waals surface area contributed by atoms with Crippen LogP contribution in [0.3, 0.4) is 0 Å². The molecule has 1 aliphatic rings. The first-order valence-electron chi connectivity index (χ1n) is 5.99. The summed E-state index contributed by atoms with van der Waals surface area (Å²) in [6, 6.07) is 7.03. The van der Waals surface area contributed by atoms with Crippen molar-refractivity contribution in [2.24, 2.45) is 0 Å². The van der Waals surface area contributed by atoms with E-state index in [0.29, 0.717) is 24.9 Å². The SMILES string of the molecule is COc1cccc(S(=O)(=O)NCCNC2CC2)c1. The third-order valence-corrected chi connectivity index (χ3v) is 4.24. The lowest BCUT2D eigenvalue weighted by atomic mass is 10.3. The summed E-state index contributed by atoms with van der Waals surface area (Å²) < 4.78 is 31.5. The molecule has 2 rings (SSSR count). The van der Waals surface area contributed by atoms with Crippen LogP contribution in [0.2, 0.25) is 0 Å². The van der Waals surface area contributed by atoms with Gasteiger partial charge in [0.15, 0.2) is 0 Å². The predicted molar refractivity (Wildman–Crippen MR) is 69.2 cm³/mol. The Balaban J connectivity index is 1.91. The van der Waals surface area contributed by atoms with Crippen molar-refractivity contribution in [2.45, 2.75) is 23.8 Å². The van der Waals surface area contributed by atoms with E-state index in [9.17, 15) is 8.42 Å². The molecule has 0 aromatic heterocycles. The summed E-state index contributed by atoms with van der Waals surface area (Å²) in [4.78, 5) is 0.230. The fourth-order valence-electron chi connectivity index (χ4n) is 1.60. The normalized spacial score (nSPS) is 15.6. The Hall–Kier alpha value is -1.11. The predicted octanol–water partition coefficient (Wildman–Crippen LogP) is 0.725. The van der Waals surface area contributed by atoms with Gasteiger partial charge >= 0.3 is 0 Å². The lowest BCUT2D eigenvalue weighted by Gasteiger charge is -2.08. The molecule has 1 saturated carbocycles. The van der Waals surface area contributed by atoms with E-state index in [4.69, 9.17) is 4.74 Å². The van der Waals surface area contributed by atoms with Crippen LogP contribution >= 0.6 is 0 Å². The number of ether oxygens (including phenoxy) is 1. The van der Waals surface area contributed by atoms with Gasteiger partial charge in [-0.15, -0.1) is 0 Å². The molecule has 6 heteroatoms. The molecule has 0 radical (unpaired) electrons. The summed E-state index contributed by atoms with van der Waals surface area (Å²) in [7, 11) is -1.93. The molecule has 0 aliphatic heterocycles. The summed E-state index contributed by atoms with van der Waals surface area (Å²) in [5.74, 6) is 0.536. The number of methoxy groups -OCH3 is 1. The van der Waals surface area contributed by atoms with Crippen molar-refractivity contribution in [3.8, 4) is 5.75 Å². The largest absolute Gasteiger partial charge is 0.497 e. The zero-order valence-corrected chi connectivity index (χ0v) is 11.2. The Bertz CT molecular complexity index is 498. The van der Waals surface area contributed by atoms with Crippen LogP contribution in [0.1, 0.15) is 12.8 Å². The first kappa shape index (κ1) is 13.3. The van der Waals surface area contributed by atoms with E-state index in [2.05, 4.69) is 10.0 Å². The Morgan fingerprint density at radius 2 is 2.11 bits per heavy atom. The second-order valence-electron chi connectivity index (χ2n) is 4.31. The fraction of sp³-hybridized carbons (Fsp3) is 0.500. The van der Waals surface area contributed by atoms with Gasteiger partial charge in [0.1, 0.15) is 5.75 Å². The molecular weight excluding hydrogens is 252 g/mol. The van der Waals surface area contributed by atoms with Gasteiger partial charge in [-0.1, -0.05) is 6.07 Å². The highest BCUT2D eigenvalue weighted by atomic mass is 32.2. The van der Waals surface area contributed by atoms with Gasteiger partial charge in [0.2, 0.25) is 10.0 Å². The minimum atomic E-state index is -3.44. The molecule has 0 atom stereocenters. The average Bonchev–Trinajstić information content (AvgIpc) is 3.19. The van der Waals surface area contributed by atoms with Gasteiger partial charge in [-0.2, -0.15) is 0 Å². The van der Waals surface area contributed by atoms with E-state index in [1.807, 2.05) is 0 Å². The van der Waals surface area contributed by atoms with E-state index >= 15 is 0 Å². The molecule has 0 bridgehead atoms. The van der Waals surface area contributed by atoms with Crippen LogP contribution in [-0.4, -0.2) is 34.7 Å². The zero-order valence-electron chi connectivity index (χ0n) is 10.3. The van der Waals surface area contributed by atoms with Crippen LogP contribution < -0.4 is 14.8 Å². The van der Waals surface area contributed by atoms with Crippen molar-refractivity contribution in [3.63, 3.8) is 0 Å². The Labute approximate surface area is 108 Å². The summed E-state index contributed by atoms with van der Waals surface area (Å²) in [5.41, 5.74) is 0. The molecule has 0 heterocycles. The van der Waals surface area contributed by atoms with Crippen molar-refractivity contribution < 1.29 is 13.2 Å². The van der Waals surface area contributed by atoms with Gasteiger partial charge in [0.05, 0.1) is 12.0 Å². The smallest absolute Gasteiger partial charge is 0.240 e. The Morgan fingerprint density at radius 3 is 2.78 bits per heavy atom. The Morgan fingerprint density at radius 1 is 1.33 bits per heavy atom. The maximum Gasteiger partial charge on any atom is 0.240 e. The van der Waals surface area contributed by atoms with Gasteiger partial charge in [0.25, 0.3) is 0 Å². The quantitative estimate of drug-likeness (QED) is 0.717. The standard InChI is InChI=1S/C12H18N2O3S/c1-17-11-3-2-4-12(9-11)18(15,16)14-8-7-13-10-5-6-10/h2-4,9-10,13-14H,5-8H2,1H3.